The van der Waals surface area contributed by atoms with Gasteiger partial charge in [-0.15, -0.1) is 0 Å². The van der Waals surface area contributed by atoms with Gasteiger partial charge in [0.25, 0.3) is 0 Å². The van der Waals surface area contributed by atoms with Gasteiger partial charge in [-0.25, -0.2) is 4.98 Å². The lowest BCUT2D eigenvalue weighted by atomic mass is 9.83. The molecule has 4 heterocycles. The third-order valence-corrected chi connectivity index (χ3v) is 16.2. The minimum absolute atomic E-state index is 0.0492. The summed E-state index contributed by atoms with van der Waals surface area (Å²) >= 11 is 0. The summed E-state index contributed by atoms with van der Waals surface area (Å²) in [6, 6.07) is 86.5. The number of rotatable bonds is 7. The Morgan fingerprint density at radius 3 is 1.67 bits per heavy atom. The highest BCUT2D eigenvalue weighted by atomic mass is 16.5. The summed E-state index contributed by atoms with van der Waals surface area (Å²) in [5, 5.41) is 9.53. The van der Waals surface area contributed by atoms with E-state index in [1.54, 1.807) is 0 Å². The van der Waals surface area contributed by atoms with E-state index in [9.17, 15) is 0 Å². The molecule has 1 aliphatic rings. The summed E-state index contributed by atoms with van der Waals surface area (Å²) in [5.74, 6) is 2.38. The van der Waals surface area contributed by atoms with E-state index in [2.05, 4.69) is 292 Å². The van der Waals surface area contributed by atoms with Crippen molar-refractivity contribution in [3.8, 4) is 50.7 Å². The summed E-state index contributed by atoms with van der Waals surface area (Å²) in [4.78, 5) is 7.47. The Morgan fingerprint density at radius 1 is 0.380 bits per heavy atom. The number of aromatic nitrogens is 3. The van der Waals surface area contributed by atoms with E-state index < -0.39 is 0 Å². The molecule has 13 aromatic rings. The second-order valence-corrected chi connectivity index (χ2v) is 23.2. The molecule has 0 radical (unpaired) electrons. The molecule has 382 valence electrons. The van der Waals surface area contributed by atoms with Crippen LogP contribution in [0.25, 0.3) is 104 Å². The summed E-state index contributed by atoms with van der Waals surface area (Å²) in [6.45, 7) is 14.3. The van der Waals surface area contributed by atoms with Crippen molar-refractivity contribution < 1.29 is 4.74 Å². The molecule has 5 heteroatoms. The molecule has 0 N–H and O–H groups in total. The molecule has 0 atom stereocenters. The predicted molar refractivity (Wildman–Crippen MR) is 333 cm³/mol. The van der Waals surface area contributed by atoms with Gasteiger partial charge in [-0.2, -0.15) is 0 Å². The number of anilines is 2. The third kappa shape index (κ3) is 8.36. The maximum absolute atomic E-state index is 7.01. The highest BCUT2D eigenvalue weighted by molar-refractivity contribution is 6.22. The van der Waals surface area contributed by atoms with Gasteiger partial charge in [-0.1, -0.05) is 205 Å². The average Bonchev–Trinajstić information content (AvgIpc) is 4.27. The van der Waals surface area contributed by atoms with Gasteiger partial charge in [0.15, 0.2) is 0 Å². The number of para-hydroxylation sites is 2. The molecule has 0 fully saturated rings. The zero-order chi connectivity index (χ0) is 53.6. The van der Waals surface area contributed by atoms with Crippen LogP contribution in [0.4, 0.5) is 11.4 Å². The van der Waals surface area contributed by atoms with Gasteiger partial charge in [0, 0.05) is 51.1 Å². The van der Waals surface area contributed by atoms with E-state index in [0.29, 0.717) is 6.67 Å². The van der Waals surface area contributed by atoms with Gasteiger partial charge in [0.1, 0.15) is 24.0 Å². The Morgan fingerprint density at radius 2 is 0.975 bits per heavy atom. The molecule has 0 unspecified atom stereocenters. The topological polar surface area (TPSA) is 35.2 Å². The molecular formula is C74H60N4O. The standard InChI is InChI=1S/C74H60N4O/c1-73(2,3)53-38-39-75-70(44-53)78-67-37-34-50(48-20-9-7-10-21-48)43-66(67)63-36-35-57(46-69(63)78)79-56-25-17-24-55(45-56)76-47-77-71-58(52-40-51(49-22-11-8-12-23-49)41-54(42-52)74(4,5)6)30-18-31-64(71)61-28-15-13-26-59(61)60-27-14-16-29-62(60)65-32-19-33-68(76)72(65)77/h7-46H,47H2,1-6H3. The van der Waals surface area contributed by atoms with Gasteiger partial charge in [-0.05, 0) is 132 Å². The maximum atomic E-state index is 7.01. The quantitative estimate of drug-likeness (QED) is 0.160. The molecule has 10 aromatic carbocycles. The number of fused-ring (bicyclic) bond motifs is 10. The van der Waals surface area contributed by atoms with Gasteiger partial charge in [0.2, 0.25) is 0 Å². The molecule has 5 nitrogen and oxygen atoms in total. The van der Waals surface area contributed by atoms with Crippen LogP contribution in [0.15, 0.2) is 243 Å². The fourth-order valence-electron chi connectivity index (χ4n) is 12.1. The van der Waals surface area contributed by atoms with Crippen LogP contribution in [-0.4, -0.2) is 14.1 Å². The van der Waals surface area contributed by atoms with Crippen LogP contribution in [0.3, 0.4) is 0 Å². The summed E-state index contributed by atoms with van der Waals surface area (Å²) in [7, 11) is 0. The lowest BCUT2D eigenvalue weighted by Crippen LogP contribution is -2.15. The van der Waals surface area contributed by atoms with Crippen molar-refractivity contribution >= 4 is 76.5 Å². The summed E-state index contributed by atoms with van der Waals surface area (Å²) in [6.07, 6.45) is 1.94. The molecule has 1 aliphatic heterocycles. The first-order chi connectivity index (χ1) is 38.4. The molecule has 0 aliphatic carbocycles. The number of hydrogen-bond acceptors (Lipinski definition) is 3. The van der Waals surface area contributed by atoms with Crippen LogP contribution in [-0.2, 0) is 17.5 Å². The van der Waals surface area contributed by atoms with Crippen LogP contribution in [0.2, 0.25) is 0 Å². The molecule has 0 saturated carbocycles. The number of pyridine rings is 1. The normalized spacial score (nSPS) is 12.6. The van der Waals surface area contributed by atoms with Crippen LogP contribution in [0.1, 0.15) is 52.7 Å². The highest BCUT2D eigenvalue weighted by Gasteiger charge is 2.27. The molecular weight excluding hydrogens is 961 g/mol. The average molecular weight is 1020 g/mol. The zero-order valence-electron chi connectivity index (χ0n) is 45.5. The van der Waals surface area contributed by atoms with E-state index in [1.165, 1.54) is 93.2 Å². The van der Waals surface area contributed by atoms with Crippen molar-refractivity contribution in [2.24, 2.45) is 0 Å². The number of benzene rings is 10. The van der Waals surface area contributed by atoms with E-state index in [-0.39, 0.29) is 10.8 Å². The second kappa shape index (κ2) is 18.6. The smallest absolute Gasteiger partial charge is 0.137 e. The zero-order valence-corrected chi connectivity index (χ0v) is 45.5. The first-order valence-corrected chi connectivity index (χ1v) is 27.5. The molecule has 0 saturated heterocycles. The number of hydrogen-bond donors (Lipinski definition) is 0. The van der Waals surface area contributed by atoms with Crippen LogP contribution < -0.4 is 9.64 Å². The van der Waals surface area contributed by atoms with E-state index >= 15 is 0 Å². The van der Waals surface area contributed by atoms with Crippen LogP contribution >= 0.6 is 0 Å². The van der Waals surface area contributed by atoms with Gasteiger partial charge in [-0.3, -0.25) is 4.57 Å². The number of nitrogens with zero attached hydrogens (tertiary/aromatic N) is 4. The molecule has 0 bridgehead atoms. The first kappa shape index (κ1) is 48.0. The van der Waals surface area contributed by atoms with Crippen molar-refractivity contribution in [1.29, 1.82) is 0 Å². The van der Waals surface area contributed by atoms with Crippen LogP contribution in [0.5, 0.6) is 11.5 Å². The SMILES string of the molecule is CC(C)(C)c1cc(-c2ccccc2)cc(-c2cccc3c4ccccc4c4ccccc4c4cccc5c4n(c23)CN5c2cccc(Oc3ccc4c5cc(-c6ccccc6)ccc5n(-c5cc(C(C)(C)C)ccn5)c4c3)c2)c1. The van der Waals surface area contributed by atoms with E-state index in [0.717, 1.165) is 45.1 Å². The van der Waals surface area contributed by atoms with Gasteiger partial charge >= 0.3 is 0 Å². The van der Waals surface area contributed by atoms with E-state index in [1.807, 2.05) is 6.20 Å². The van der Waals surface area contributed by atoms with Crippen LogP contribution in [0, 0.1) is 0 Å². The fourth-order valence-corrected chi connectivity index (χ4v) is 12.1. The molecule has 0 spiro atoms. The Kier molecular flexibility index (Phi) is 11.3. The van der Waals surface area contributed by atoms with Crippen molar-refractivity contribution in [2.75, 3.05) is 4.90 Å². The van der Waals surface area contributed by atoms with Crippen molar-refractivity contribution in [3.63, 3.8) is 0 Å². The number of ether oxygens (including phenoxy) is 1. The first-order valence-electron chi connectivity index (χ1n) is 27.5. The lowest BCUT2D eigenvalue weighted by Gasteiger charge is -2.23. The molecule has 3 aromatic heterocycles. The monoisotopic (exact) mass is 1020 g/mol. The molecule has 14 rings (SSSR count). The van der Waals surface area contributed by atoms with Crippen molar-refractivity contribution in [1.82, 2.24) is 14.1 Å². The Bertz CT molecular complexity index is 4630. The Balaban J connectivity index is 0.947. The van der Waals surface area contributed by atoms with E-state index in [4.69, 9.17) is 9.72 Å². The Hall–Kier alpha value is -9.45. The summed E-state index contributed by atoms with van der Waals surface area (Å²) < 4.78 is 11.9. The lowest BCUT2D eigenvalue weighted by molar-refractivity contribution is 0.483. The third-order valence-electron chi connectivity index (χ3n) is 16.2. The van der Waals surface area contributed by atoms with Crippen molar-refractivity contribution in [2.45, 2.75) is 59.0 Å². The highest BCUT2D eigenvalue weighted by Crippen LogP contribution is 2.46. The Labute approximate surface area is 461 Å². The largest absolute Gasteiger partial charge is 0.457 e. The van der Waals surface area contributed by atoms with Gasteiger partial charge in [0.05, 0.1) is 27.8 Å². The minimum Gasteiger partial charge on any atom is -0.457 e. The summed E-state index contributed by atoms with van der Waals surface area (Å²) in [5.41, 5.74) is 16.2. The van der Waals surface area contributed by atoms with Crippen molar-refractivity contribution in [3.05, 3.63) is 254 Å². The second-order valence-electron chi connectivity index (χ2n) is 23.2. The fraction of sp³-hybridized carbons (Fsp3) is 0.122. The van der Waals surface area contributed by atoms with Gasteiger partial charge < -0.3 is 14.2 Å². The molecule has 0 amide bonds. The predicted octanol–water partition coefficient (Wildman–Crippen LogP) is 20.2. The minimum atomic E-state index is -0.0855. The molecule has 79 heavy (non-hydrogen) atoms. The maximum Gasteiger partial charge on any atom is 0.137 e.